The van der Waals surface area contributed by atoms with Crippen LogP contribution in [-0.2, 0) is 16.6 Å². The molecule has 1 aliphatic rings. The number of rotatable bonds is 16. The van der Waals surface area contributed by atoms with E-state index in [1.54, 1.807) is 11.8 Å². The first kappa shape index (κ1) is 40.8. The maximum Gasteiger partial charge on any atom is 0.293 e. The second kappa shape index (κ2) is 18.1. The molecule has 308 valence electrons. The fourth-order valence-electron chi connectivity index (χ4n) is 7.53. The lowest BCUT2D eigenvalue weighted by Gasteiger charge is -2.36. The van der Waals surface area contributed by atoms with Crippen LogP contribution < -0.4 is 14.9 Å². The van der Waals surface area contributed by atoms with Gasteiger partial charge in [0.2, 0.25) is 0 Å². The molecule has 0 bridgehead atoms. The van der Waals surface area contributed by atoms with E-state index in [0.717, 1.165) is 62.3 Å². The first-order valence-electron chi connectivity index (χ1n) is 19.9. The molecule has 8 rings (SSSR count). The molecule has 1 fully saturated rings. The Morgan fingerprint density at radius 2 is 1.57 bits per heavy atom. The van der Waals surface area contributed by atoms with Gasteiger partial charge in [-0.2, -0.15) is 0 Å². The zero-order valence-electron chi connectivity index (χ0n) is 33.5. The number of nitrogens with one attached hydrogen (secondary N) is 2. The molecule has 0 aliphatic carbocycles. The van der Waals surface area contributed by atoms with Gasteiger partial charge in [-0.15, -0.1) is 11.8 Å². The number of piperazine rings is 1. The Hall–Kier alpha value is -6.00. The molecule has 0 saturated carbocycles. The lowest BCUT2D eigenvalue weighted by Crippen LogP contribution is -2.46. The first-order valence-corrected chi connectivity index (χ1v) is 22.3. The van der Waals surface area contributed by atoms with Crippen LogP contribution in [0.1, 0.15) is 12.0 Å². The number of benzene rings is 5. The van der Waals surface area contributed by atoms with Crippen molar-refractivity contribution in [3.8, 4) is 5.69 Å². The van der Waals surface area contributed by atoms with E-state index in [2.05, 4.69) is 100 Å². The molecule has 0 spiro atoms. The van der Waals surface area contributed by atoms with Crippen molar-refractivity contribution in [2.24, 2.45) is 0 Å². The Kier molecular flexibility index (Phi) is 12.3. The van der Waals surface area contributed by atoms with Gasteiger partial charge in [0.25, 0.3) is 15.7 Å². The number of para-hydroxylation sites is 1. The number of aromatic nitrogens is 3. The molecule has 15 heteroatoms. The van der Waals surface area contributed by atoms with E-state index in [9.17, 15) is 18.5 Å². The Balaban J connectivity index is 0.934. The van der Waals surface area contributed by atoms with E-state index in [4.69, 9.17) is 0 Å². The summed E-state index contributed by atoms with van der Waals surface area (Å²) in [6.45, 7) is 4.98. The molecular formula is C45H47N9O4S2. The lowest BCUT2D eigenvalue weighted by molar-refractivity contribution is -0.384. The molecular weight excluding hydrogens is 795 g/mol. The minimum atomic E-state index is -4.27. The van der Waals surface area contributed by atoms with Crippen LogP contribution in [0, 0.1) is 10.1 Å². The van der Waals surface area contributed by atoms with Gasteiger partial charge in [0.15, 0.2) is 5.82 Å². The Morgan fingerprint density at radius 3 is 2.30 bits per heavy atom. The van der Waals surface area contributed by atoms with Gasteiger partial charge in [-0.3, -0.25) is 19.7 Å². The summed E-state index contributed by atoms with van der Waals surface area (Å²) in [5.74, 6) is 0.759. The van der Waals surface area contributed by atoms with Gasteiger partial charge in [-0.1, -0.05) is 60.7 Å². The molecule has 60 heavy (non-hydrogen) atoms. The average Bonchev–Trinajstić information content (AvgIpc) is 3.69. The smallest absolute Gasteiger partial charge is 0.293 e. The molecule has 2 aromatic heterocycles. The van der Waals surface area contributed by atoms with Crippen LogP contribution in [0.15, 0.2) is 144 Å². The Bertz CT molecular complexity index is 2690. The van der Waals surface area contributed by atoms with E-state index in [1.165, 1.54) is 40.5 Å². The molecule has 2 N–H and O–H groups in total. The van der Waals surface area contributed by atoms with E-state index in [0.29, 0.717) is 16.7 Å². The first-order chi connectivity index (χ1) is 29.1. The minimum Gasteiger partial charge on any atom is -0.376 e. The van der Waals surface area contributed by atoms with Crippen molar-refractivity contribution >= 4 is 66.3 Å². The SMILES string of the molecule is CN(C)CC[C@H](CSc1ccccc1)Nc1ccc(S(=O)(=O)Nc2ncnc3cc(N4CCN(Cc5ccccc5-n5cc6ccccc6c5)CC4)ccc23)cc1[N+](=O)[O-]. The highest BCUT2D eigenvalue weighted by Crippen LogP contribution is 2.32. The third-order valence-corrected chi connectivity index (χ3v) is 13.3. The van der Waals surface area contributed by atoms with Crippen LogP contribution in [-0.4, -0.2) is 96.3 Å². The van der Waals surface area contributed by atoms with Crippen molar-refractivity contribution in [2.45, 2.75) is 28.8 Å². The lowest BCUT2D eigenvalue weighted by atomic mass is 10.1. The average molecular weight is 842 g/mol. The van der Waals surface area contributed by atoms with Crippen LogP contribution in [0.2, 0.25) is 0 Å². The summed E-state index contributed by atoms with van der Waals surface area (Å²) in [5, 5.41) is 18.6. The molecule has 0 unspecified atom stereocenters. The molecule has 1 atom stereocenters. The third kappa shape index (κ3) is 9.55. The maximum absolute atomic E-state index is 13.8. The number of nitro groups is 1. The molecule has 1 saturated heterocycles. The highest BCUT2D eigenvalue weighted by atomic mass is 32.2. The van der Waals surface area contributed by atoms with Gasteiger partial charge < -0.3 is 19.7 Å². The van der Waals surface area contributed by atoms with Gasteiger partial charge in [0.05, 0.1) is 15.3 Å². The number of fused-ring (bicyclic) bond motifs is 2. The second-order valence-corrected chi connectivity index (χ2v) is 18.0. The molecule has 7 aromatic rings. The Labute approximate surface area is 354 Å². The van der Waals surface area contributed by atoms with Crippen molar-refractivity contribution < 1.29 is 13.3 Å². The van der Waals surface area contributed by atoms with Crippen LogP contribution in [0.25, 0.3) is 27.4 Å². The number of nitrogens with zero attached hydrogens (tertiary/aromatic N) is 7. The van der Waals surface area contributed by atoms with Crippen molar-refractivity contribution in [2.75, 3.05) is 67.5 Å². The highest BCUT2D eigenvalue weighted by molar-refractivity contribution is 7.99. The van der Waals surface area contributed by atoms with E-state index in [-0.39, 0.29) is 28.1 Å². The van der Waals surface area contributed by atoms with Gasteiger partial charge in [-0.25, -0.2) is 18.4 Å². The number of hydrogen-bond donors (Lipinski definition) is 2. The number of hydrogen-bond acceptors (Lipinski definition) is 11. The summed E-state index contributed by atoms with van der Waals surface area (Å²) in [6, 6.07) is 36.5. The van der Waals surface area contributed by atoms with Gasteiger partial charge in [-0.05, 0) is 91.9 Å². The molecule has 5 aromatic carbocycles. The summed E-state index contributed by atoms with van der Waals surface area (Å²) < 4.78 is 32.3. The fraction of sp³-hybridized carbons (Fsp3) is 0.244. The van der Waals surface area contributed by atoms with Crippen LogP contribution in [0.4, 0.5) is 22.9 Å². The van der Waals surface area contributed by atoms with Crippen LogP contribution >= 0.6 is 11.8 Å². The van der Waals surface area contributed by atoms with Crippen molar-refractivity contribution in [3.05, 3.63) is 150 Å². The van der Waals surface area contributed by atoms with E-state index >= 15 is 0 Å². The van der Waals surface area contributed by atoms with Crippen LogP contribution in [0.5, 0.6) is 0 Å². The third-order valence-electron chi connectivity index (χ3n) is 10.8. The molecule has 1 aliphatic heterocycles. The summed E-state index contributed by atoms with van der Waals surface area (Å²) in [6.07, 6.45) is 6.42. The van der Waals surface area contributed by atoms with E-state index in [1.807, 2.05) is 62.6 Å². The normalized spacial score (nSPS) is 14.2. The number of sulfonamides is 1. The van der Waals surface area contributed by atoms with Crippen molar-refractivity contribution in [1.82, 2.24) is 24.3 Å². The van der Waals surface area contributed by atoms with Crippen LogP contribution in [0.3, 0.4) is 0 Å². The number of thioether (sulfide) groups is 1. The number of anilines is 3. The topological polar surface area (TPSA) is 142 Å². The zero-order valence-corrected chi connectivity index (χ0v) is 35.1. The minimum absolute atomic E-state index is 0.0946. The van der Waals surface area contributed by atoms with Crippen molar-refractivity contribution in [1.29, 1.82) is 0 Å². The van der Waals surface area contributed by atoms with Gasteiger partial charge in [0, 0.05) is 84.6 Å². The fourth-order valence-corrected chi connectivity index (χ4v) is 9.57. The largest absolute Gasteiger partial charge is 0.376 e. The quantitative estimate of drug-likeness (QED) is 0.0554. The molecule has 13 nitrogen and oxygen atoms in total. The predicted molar refractivity (Wildman–Crippen MR) is 242 cm³/mol. The zero-order chi connectivity index (χ0) is 41.6. The van der Waals surface area contributed by atoms with E-state index < -0.39 is 14.9 Å². The highest BCUT2D eigenvalue weighted by Gasteiger charge is 2.25. The standard InChI is InChI=1S/C45H47N9O4S2/c1-50(2)21-20-36(31-59-38-13-4-3-5-14-38)48-41-19-17-39(27-44(41)54(55)56)60(57,58)49-45-40-18-16-37(26-42(40)46-32-47-45)52-24-22-51(23-25-52)28-35-12-8-9-15-43(35)53-29-33-10-6-7-11-34(33)30-53/h3-19,26-27,29-30,32,36,48H,20-25,28,31H2,1-2H3,(H,46,47,49)/t36-/m1/s1. The molecule has 0 amide bonds. The molecule has 0 radical (unpaired) electrons. The predicted octanol–water partition coefficient (Wildman–Crippen LogP) is 8.13. The monoisotopic (exact) mass is 841 g/mol. The maximum atomic E-state index is 13.8. The summed E-state index contributed by atoms with van der Waals surface area (Å²) in [4.78, 5) is 28.2. The van der Waals surface area contributed by atoms with Gasteiger partial charge >= 0.3 is 0 Å². The Morgan fingerprint density at radius 1 is 0.850 bits per heavy atom. The summed E-state index contributed by atoms with van der Waals surface area (Å²) in [5.41, 5.74) is 3.94. The molecule has 3 heterocycles. The number of nitro benzene ring substituents is 1. The second-order valence-electron chi connectivity index (χ2n) is 15.2. The summed E-state index contributed by atoms with van der Waals surface area (Å²) in [7, 11) is -0.307. The van der Waals surface area contributed by atoms with Crippen molar-refractivity contribution in [3.63, 3.8) is 0 Å². The van der Waals surface area contributed by atoms with Gasteiger partial charge in [0.1, 0.15) is 12.0 Å². The summed E-state index contributed by atoms with van der Waals surface area (Å²) >= 11 is 1.66.